The highest BCUT2D eigenvalue weighted by Gasteiger charge is 2.27. The number of nitrogens with zero attached hydrogens (tertiary/aromatic N) is 1. The highest BCUT2D eigenvalue weighted by atomic mass is 16.6. The van der Waals surface area contributed by atoms with E-state index in [-0.39, 0.29) is 24.5 Å². The van der Waals surface area contributed by atoms with Crippen molar-refractivity contribution in [2.75, 3.05) is 19.7 Å². The van der Waals surface area contributed by atoms with Crippen LogP contribution in [0.15, 0.2) is 24.3 Å². The van der Waals surface area contributed by atoms with E-state index in [4.69, 9.17) is 10.5 Å². The van der Waals surface area contributed by atoms with E-state index >= 15 is 0 Å². The highest BCUT2D eigenvalue weighted by Crippen LogP contribution is 2.21. The molecule has 0 radical (unpaired) electrons. The van der Waals surface area contributed by atoms with Crippen molar-refractivity contribution >= 4 is 17.9 Å². The lowest BCUT2D eigenvalue weighted by Gasteiger charge is -2.34. The molecule has 3 N–H and O–H groups in total. The molecule has 1 aliphatic heterocycles. The van der Waals surface area contributed by atoms with Crippen LogP contribution in [0.4, 0.5) is 4.79 Å². The molecule has 142 valence electrons. The molecule has 26 heavy (non-hydrogen) atoms. The Labute approximate surface area is 153 Å². The molecule has 1 heterocycles. The first-order chi connectivity index (χ1) is 12.4. The lowest BCUT2D eigenvalue weighted by Crippen LogP contribution is -2.46. The van der Waals surface area contributed by atoms with Crippen molar-refractivity contribution < 1.29 is 19.1 Å². The number of benzene rings is 1. The van der Waals surface area contributed by atoms with Gasteiger partial charge in [0.2, 0.25) is 11.8 Å². The molecule has 0 spiro atoms. The minimum Gasteiger partial charge on any atom is -0.450 e. The van der Waals surface area contributed by atoms with Gasteiger partial charge in [0.25, 0.3) is 0 Å². The molecule has 1 aromatic rings. The highest BCUT2D eigenvalue weighted by molar-refractivity contribution is 5.92. The van der Waals surface area contributed by atoms with Crippen molar-refractivity contribution in [3.8, 4) is 0 Å². The minimum atomic E-state index is -0.483. The molecular formula is C19H27N3O4. The Morgan fingerprint density at radius 3 is 2.38 bits per heavy atom. The van der Waals surface area contributed by atoms with Crippen molar-refractivity contribution in [2.24, 2.45) is 11.7 Å². The van der Waals surface area contributed by atoms with Crippen LogP contribution in [0.3, 0.4) is 0 Å². The van der Waals surface area contributed by atoms with E-state index in [1.54, 1.807) is 36.1 Å². The number of nitrogens with two attached hydrogens (primary N) is 1. The van der Waals surface area contributed by atoms with Crippen LogP contribution in [0, 0.1) is 5.92 Å². The molecule has 0 bridgehead atoms. The zero-order valence-electron chi connectivity index (χ0n) is 15.4. The molecule has 7 heteroatoms. The van der Waals surface area contributed by atoms with Gasteiger partial charge in [0.1, 0.15) is 0 Å². The summed E-state index contributed by atoms with van der Waals surface area (Å²) in [4.78, 5) is 36.8. The summed E-state index contributed by atoms with van der Waals surface area (Å²) in [6.45, 7) is 5.48. The van der Waals surface area contributed by atoms with E-state index in [1.807, 2.05) is 6.92 Å². The number of carbonyl (C=O) groups excluding carboxylic acids is 3. The molecule has 0 saturated carbocycles. The second kappa shape index (κ2) is 9.22. The Hall–Kier alpha value is -2.57. The van der Waals surface area contributed by atoms with Crippen LogP contribution in [0.1, 0.15) is 42.6 Å². The van der Waals surface area contributed by atoms with Crippen LogP contribution < -0.4 is 11.1 Å². The molecule has 0 aliphatic carbocycles. The predicted molar refractivity (Wildman–Crippen MR) is 97.6 cm³/mol. The summed E-state index contributed by atoms with van der Waals surface area (Å²) in [6.07, 6.45) is 1.67. The summed E-state index contributed by atoms with van der Waals surface area (Å²) in [7, 11) is 0. The molecule has 1 saturated heterocycles. The maximum absolute atomic E-state index is 12.3. The molecule has 1 unspecified atom stereocenters. The topological polar surface area (TPSA) is 102 Å². The van der Waals surface area contributed by atoms with Gasteiger partial charge in [-0.25, -0.2) is 4.79 Å². The number of ether oxygens (including phenoxy) is 1. The number of nitrogens with one attached hydrogen (secondary N) is 1. The number of amides is 3. The molecule has 2 rings (SSSR count). The predicted octanol–water partition coefficient (Wildman–Crippen LogP) is 1.70. The second-order valence-electron chi connectivity index (χ2n) is 6.62. The van der Waals surface area contributed by atoms with Crippen LogP contribution in [0.2, 0.25) is 0 Å². The molecule has 1 aliphatic rings. The fourth-order valence-electron chi connectivity index (χ4n) is 3.19. The number of hydrogen-bond acceptors (Lipinski definition) is 4. The zero-order valence-corrected chi connectivity index (χ0v) is 15.4. The van der Waals surface area contributed by atoms with Crippen LogP contribution in [0.25, 0.3) is 0 Å². The number of piperidine rings is 1. The first kappa shape index (κ1) is 19.8. The summed E-state index contributed by atoms with van der Waals surface area (Å²) >= 11 is 0. The van der Waals surface area contributed by atoms with Gasteiger partial charge in [-0.3, -0.25) is 9.59 Å². The Balaban J connectivity index is 1.78. The standard InChI is InChI=1S/C19H27N3O4/c1-3-26-19(25)22-10-8-15(9-11-22)13(2)21-17(23)12-14-4-6-16(7-5-14)18(20)24/h4-7,13,15H,3,8-12H2,1-2H3,(H2,20,24)(H,21,23). The fourth-order valence-corrected chi connectivity index (χ4v) is 3.19. The Morgan fingerprint density at radius 1 is 1.23 bits per heavy atom. The van der Waals surface area contributed by atoms with Crippen molar-refractivity contribution in [2.45, 2.75) is 39.2 Å². The van der Waals surface area contributed by atoms with Crippen LogP contribution in [-0.2, 0) is 16.0 Å². The average molecular weight is 361 g/mol. The summed E-state index contributed by atoms with van der Waals surface area (Å²) < 4.78 is 5.02. The summed E-state index contributed by atoms with van der Waals surface area (Å²) in [5, 5.41) is 3.04. The van der Waals surface area contributed by atoms with Gasteiger partial charge < -0.3 is 20.7 Å². The van der Waals surface area contributed by atoms with Crippen molar-refractivity contribution in [3.05, 3.63) is 35.4 Å². The average Bonchev–Trinajstić information content (AvgIpc) is 2.62. The van der Waals surface area contributed by atoms with Crippen LogP contribution in [0.5, 0.6) is 0 Å². The molecule has 1 aromatic carbocycles. The molecule has 0 aromatic heterocycles. The summed E-state index contributed by atoms with van der Waals surface area (Å²) in [6, 6.07) is 6.76. The molecule has 3 amide bonds. The van der Waals surface area contributed by atoms with Gasteiger partial charge in [0.15, 0.2) is 0 Å². The maximum atomic E-state index is 12.3. The Kier molecular flexibility index (Phi) is 7.00. The maximum Gasteiger partial charge on any atom is 0.409 e. The minimum absolute atomic E-state index is 0.0386. The quantitative estimate of drug-likeness (QED) is 0.805. The Morgan fingerprint density at radius 2 is 1.85 bits per heavy atom. The van der Waals surface area contributed by atoms with Gasteiger partial charge in [-0.05, 0) is 50.3 Å². The smallest absolute Gasteiger partial charge is 0.409 e. The van der Waals surface area contributed by atoms with Crippen molar-refractivity contribution in [1.82, 2.24) is 10.2 Å². The summed E-state index contributed by atoms with van der Waals surface area (Å²) in [5.74, 6) is -0.206. The van der Waals surface area contributed by atoms with E-state index in [0.29, 0.717) is 31.2 Å². The number of hydrogen-bond donors (Lipinski definition) is 2. The molecule has 1 fully saturated rings. The normalized spacial score (nSPS) is 16.0. The number of likely N-dealkylation sites (tertiary alicyclic amines) is 1. The number of primary amides is 1. The van der Waals surface area contributed by atoms with Gasteiger partial charge in [-0.15, -0.1) is 0 Å². The lowest BCUT2D eigenvalue weighted by atomic mass is 9.90. The third-order valence-corrected chi connectivity index (χ3v) is 4.76. The van der Waals surface area contributed by atoms with E-state index in [1.165, 1.54) is 0 Å². The largest absolute Gasteiger partial charge is 0.450 e. The third-order valence-electron chi connectivity index (χ3n) is 4.76. The van der Waals surface area contributed by atoms with Gasteiger partial charge in [-0.2, -0.15) is 0 Å². The Bertz CT molecular complexity index is 637. The van der Waals surface area contributed by atoms with Crippen LogP contribution >= 0.6 is 0 Å². The van der Waals surface area contributed by atoms with E-state index in [2.05, 4.69) is 5.32 Å². The van der Waals surface area contributed by atoms with Gasteiger partial charge in [0.05, 0.1) is 13.0 Å². The second-order valence-corrected chi connectivity index (χ2v) is 6.62. The van der Waals surface area contributed by atoms with E-state index in [0.717, 1.165) is 18.4 Å². The summed E-state index contributed by atoms with van der Waals surface area (Å²) in [5.41, 5.74) is 6.47. The fraction of sp³-hybridized carbons (Fsp3) is 0.526. The van der Waals surface area contributed by atoms with Gasteiger partial charge in [-0.1, -0.05) is 12.1 Å². The van der Waals surface area contributed by atoms with E-state index < -0.39 is 5.91 Å². The first-order valence-electron chi connectivity index (χ1n) is 9.00. The third kappa shape index (κ3) is 5.47. The van der Waals surface area contributed by atoms with Crippen molar-refractivity contribution in [1.29, 1.82) is 0 Å². The SMILES string of the molecule is CCOC(=O)N1CCC(C(C)NC(=O)Cc2ccc(C(N)=O)cc2)CC1. The zero-order chi connectivity index (χ0) is 19.1. The monoisotopic (exact) mass is 361 g/mol. The lowest BCUT2D eigenvalue weighted by molar-refractivity contribution is -0.121. The first-order valence-corrected chi connectivity index (χ1v) is 9.00. The van der Waals surface area contributed by atoms with Crippen molar-refractivity contribution in [3.63, 3.8) is 0 Å². The number of rotatable bonds is 6. The van der Waals surface area contributed by atoms with Gasteiger partial charge in [0, 0.05) is 24.7 Å². The molecular weight excluding hydrogens is 334 g/mol. The van der Waals surface area contributed by atoms with Crippen LogP contribution in [-0.4, -0.2) is 48.5 Å². The molecule has 1 atom stereocenters. The van der Waals surface area contributed by atoms with E-state index in [9.17, 15) is 14.4 Å². The molecule has 7 nitrogen and oxygen atoms in total. The van der Waals surface area contributed by atoms with Gasteiger partial charge >= 0.3 is 6.09 Å². The number of carbonyl (C=O) groups is 3.